The Morgan fingerprint density at radius 3 is 2.58 bits per heavy atom. The second kappa shape index (κ2) is 11.3. The molecule has 2 aromatic carbocycles. The first-order chi connectivity index (χ1) is 17.2. The average molecular weight is 507 g/mol. The van der Waals surface area contributed by atoms with Crippen molar-refractivity contribution < 1.29 is 9.53 Å². The third-order valence-corrected chi connectivity index (χ3v) is 6.87. The number of ether oxygens (including phenoxy) is 1. The molecule has 0 bridgehead atoms. The maximum Gasteiger partial charge on any atom is 0.248 e. The van der Waals surface area contributed by atoms with Crippen LogP contribution in [-0.4, -0.2) is 55.1 Å². The number of amides is 1. The Hall–Kier alpha value is -3.09. The molecule has 1 N–H and O–H groups in total. The van der Waals surface area contributed by atoms with Gasteiger partial charge >= 0.3 is 0 Å². The van der Waals surface area contributed by atoms with Gasteiger partial charge in [0.15, 0.2) is 0 Å². The van der Waals surface area contributed by atoms with Crippen LogP contribution in [0.1, 0.15) is 37.8 Å². The van der Waals surface area contributed by atoms with Crippen LogP contribution in [0.3, 0.4) is 0 Å². The Morgan fingerprint density at radius 1 is 1.17 bits per heavy atom. The normalized spacial score (nSPS) is 14.8. The van der Waals surface area contributed by atoms with E-state index >= 15 is 0 Å². The van der Waals surface area contributed by atoms with Crippen LogP contribution in [0.5, 0.6) is 5.75 Å². The molecule has 0 radical (unpaired) electrons. The minimum atomic E-state index is -0.223. The summed E-state index contributed by atoms with van der Waals surface area (Å²) in [5.41, 5.74) is 3.56. The first kappa shape index (κ1) is 26.0. The van der Waals surface area contributed by atoms with E-state index in [2.05, 4.69) is 42.2 Å². The monoisotopic (exact) mass is 506 g/mol. The molecule has 0 aliphatic carbocycles. The van der Waals surface area contributed by atoms with Crippen LogP contribution in [-0.2, 0) is 4.79 Å². The minimum Gasteiger partial charge on any atom is -0.491 e. The highest BCUT2D eigenvalue weighted by molar-refractivity contribution is 6.32. The molecule has 0 atom stereocenters. The summed E-state index contributed by atoms with van der Waals surface area (Å²) in [6.07, 6.45) is 5.55. The van der Waals surface area contributed by atoms with Crippen LogP contribution in [0.25, 0.3) is 17.0 Å². The predicted octanol–water partition coefficient (Wildman–Crippen LogP) is 6.17. The summed E-state index contributed by atoms with van der Waals surface area (Å²) in [4.78, 5) is 22.2. The van der Waals surface area contributed by atoms with Crippen molar-refractivity contribution >= 4 is 46.0 Å². The lowest BCUT2D eigenvalue weighted by molar-refractivity contribution is -0.111. The number of aromatic nitrogens is 1. The van der Waals surface area contributed by atoms with Gasteiger partial charge in [-0.15, -0.1) is 0 Å². The van der Waals surface area contributed by atoms with E-state index in [0.717, 1.165) is 59.5 Å². The van der Waals surface area contributed by atoms with E-state index in [4.69, 9.17) is 21.3 Å². The second-order valence-electron chi connectivity index (χ2n) is 9.88. The molecule has 1 aromatic heterocycles. The number of hydrogen-bond donors (Lipinski definition) is 1. The Bertz CT molecular complexity index is 1260. The molecule has 0 saturated carbocycles. The zero-order chi connectivity index (χ0) is 25.8. The van der Waals surface area contributed by atoms with Gasteiger partial charge in [0.1, 0.15) is 11.6 Å². The topological polar surface area (TPSA) is 57.7 Å². The van der Waals surface area contributed by atoms with E-state index in [1.165, 1.54) is 6.08 Å². The van der Waals surface area contributed by atoms with Gasteiger partial charge in [-0.2, -0.15) is 0 Å². The van der Waals surface area contributed by atoms with Crippen molar-refractivity contribution in [3.8, 4) is 5.75 Å². The third kappa shape index (κ3) is 6.37. The first-order valence-electron chi connectivity index (χ1n) is 12.5. The fraction of sp³-hybridized carbons (Fsp3) is 0.379. The molecule has 190 valence electrons. The zero-order valence-corrected chi connectivity index (χ0v) is 22.5. The summed E-state index contributed by atoms with van der Waals surface area (Å²) in [5, 5.41) is 4.51. The lowest BCUT2D eigenvalue weighted by Gasteiger charge is -2.36. The quantitative estimate of drug-likeness (QED) is 0.388. The van der Waals surface area contributed by atoms with E-state index in [9.17, 15) is 4.79 Å². The molecule has 0 unspecified atom stereocenters. The summed E-state index contributed by atoms with van der Waals surface area (Å²) >= 11 is 6.35. The summed E-state index contributed by atoms with van der Waals surface area (Å²) in [6.45, 7) is 8.05. The van der Waals surface area contributed by atoms with Crippen molar-refractivity contribution in [2.24, 2.45) is 0 Å². The molecule has 0 spiro atoms. The molecule has 36 heavy (non-hydrogen) atoms. The number of rotatable bonds is 7. The highest BCUT2D eigenvalue weighted by atomic mass is 35.5. The smallest absolute Gasteiger partial charge is 0.248 e. The molecule has 1 aliphatic heterocycles. The third-order valence-electron chi connectivity index (χ3n) is 6.55. The fourth-order valence-electron chi connectivity index (χ4n) is 4.57. The van der Waals surface area contributed by atoms with E-state index in [-0.39, 0.29) is 12.0 Å². The molecule has 1 aliphatic rings. The van der Waals surface area contributed by atoms with Gasteiger partial charge in [0, 0.05) is 36.3 Å². The number of piperidine rings is 1. The van der Waals surface area contributed by atoms with Crippen LogP contribution in [0.2, 0.25) is 5.02 Å². The van der Waals surface area contributed by atoms with Gasteiger partial charge in [-0.1, -0.05) is 11.6 Å². The van der Waals surface area contributed by atoms with Crippen LogP contribution >= 0.6 is 11.6 Å². The average Bonchev–Trinajstić information content (AvgIpc) is 2.83. The minimum absolute atomic E-state index is 0.0706. The molecular weight excluding hydrogens is 472 g/mol. The lowest BCUT2D eigenvalue weighted by Crippen LogP contribution is -2.42. The lowest BCUT2D eigenvalue weighted by atomic mass is 10.0. The molecule has 1 amide bonds. The summed E-state index contributed by atoms with van der Waals surface area (Å²) in [5.74, 6) is 1.51. The summed E-state index contributed by atoms with van der Waals surface area (Å²) < 4.78 is 5.66. The van der Waals surface area contributed by atoms with Gasteiger partial charge in [-0.3, -0.25) is 4.79 Å². The number of carbonyl (C=O) groups is 1. The standard InChI is InChI=1S/C29H35ClN4O2/c1-19(2)36-24-9-6-21(26(30)18-24)7-11-29(35)31-22-8-10-27-25(17-22)20(3)16-28(32-27)34-14-12-23(13-15-34)33(4)5/h6-11,16-19,23H,12-15H2,1-5H3,(H,31,35)/b11-7+. The van der Waals surface area contributed by atoms with Crippen molar-refractivity contribution in [1.29, 1.82) is 0 Å². The number of halogens is 1. The van der Waals surface area contributed by atoms with E-state index < -0.39 is 0 Å². The number of fused-ring (bicyclic) bond motifs is 1. The Labute approximate surface area is 218 Å². The maximum atomic E-state index is 12.6. The Kier molecular flexibility index (Phi) is 8.17. The van der Waals surface area contributed by atoms with Gasteiger partial charge < -0.3 is 19.9 Å². The van der Waals surface area contributed by atoms with Crippen LogP contribution in [0.4, 0.5) is 11.5 Å². The van der Waals surface area contributed by atoms with Gasteiger partial charge in [-0.05, 0) is 107 Å². The number of anilines is 2. The Morgan fingerprint density at radius 2 is 1.92 bits per heavy atom. The maximum absolute atomic E-state index is 12.6. The van der Waals surface area contributed by atoms with Crippen molar-refractivity contribution in [3.63, 3.8) is 0 Å². The fourth-order valence-corrected chi connectivity index (χ4v) is 4.80. The second-order valence-corrected chi connectivity index (χ2v) is 10.3. The first-order valence-corrected chi connectivity index (χ1v) is 12.9. The number of aryl methyl sites for hydroxylation is 1. The molecule has 7 heteroatoms. The van der Waals surface area contributed by atoms with Gasteiger partial charge in [0.25, 0.3) is 0 Å². The predicted molar refractivity (Wildman–Crippen MR) is 150 cm³/mol. The number of nitrogens with zero attached hydrogens (tertiary/aromatic N) is 3. The number of carbonyl (C=O) groups excluding carboxylic acids is 1. The zero-order valence-electron chi connectivity index (χ0n) is 21.7. The van der Waals surface area contributed by atoms with Gasteiger partial charge in [-0.25, -0.2) is 4.98 Å². The SMILES string of the molecule is Cc1cc(N2CCC(N(C)C)CC2)nc2ccc(NC(=O)/C=C/c3ccc(OC(C)C)cc3Cl)cc12. The van der Waals surface area contributed by atoms with Crippen molar-refractivity contribution in [2.75, 3.05) is 37.4 Å². The summed E-state index contributed by atoms with van der Waals surface area (Å²) in [7, 11) is 4.31. The number of nitrogens with one attached hydrogen (secondary N) is 1. The molecule has 1 fully saturated rings. The number of pyridine rings is 1. The Balaban J connectivity index is 1.43. The largest absolute Gasteiger partial charge is 0.491 e. The van der Waals surface area contributed by atoms with Crippen molar-refractivity contribution in [2.45, 2.75) is 45.8 Å². The van der Waals surface area contributed by atoms with Crippen LogP contribution < -0.4 is 15.0 Å². The molecular formula is C29H35ClN4O2. The molecule has 1 saturated heterocycles. The number of hydrogen-bond acceptors (Lipinski definition) is 5. The van der Waals surface area contributed by atoms with Crippen LogP contribution in [0, 0.1) is 6.92 Å². The molecule has 3 aromatic rings. The molecule has 4 rings (SSSR count). The van der Waals surface area contributed by atoms with Crippen LogP contribution in [0.15, 0.2) is 48.5 Å². The van der Waals surface area contributed by atoms with E-state index in [1.54, 1.807) is 12.1 Å². The van der Waals surface area contributed by atoms with Gasteiger partial charge in [0.05, 0.1) is 16.6 Å². The van der Waals surface area contributed by atoms with E-state index in [1.807, 2.05) is 44.2 Å². The number of benzene rings is 2. The highest BCUT2D eigenvalue weighted by Crippen LogP contribution is 2.28. The highest BCUT2D eigenvalue weighted by Gasteiger charge is 2.22. The van der Waals surface area contributed by atoms with Crippen molar-refractivity contribution in [1.82, 2.24) is 9.88 Å². The van der Waals surface area contributed by atoms with E-state index in [0.29, 0.717) is 16.8 Å². The molecule has 6 nitrogen and oxygen atoms in total. The van der Waals surface area contributed by atoms with Gasteiger partial charge in [0.2, 0.25) is 5.91 Å². The van der Waals surface area contributed by atoms with Crippen molar-refractivity contribution in [3.05, 3.63) is 64.7 Å². The molecule has 2 heterocycles. The summed E-state index contributed by atoms with van der Waals surface area (Å²) in [6, 6.07) is 14.1.